The van der Waals surface area contributed by atoms with Crippen LogP contribution in [0.4, 0.5) is 5.69 Å². The lowest BCUT2D eigenvalue weighted by Gasteiger charge is -2.28. The Balaban J connectivity index is 0.00000158. The van der Waals surface area contributed by atoms with Crippen LogP contribution < -0.4 is 5.73 Å². The van der Waals surface area contributed by atoms with Crippen LogP contribution in [-0.4, -0.2) is 43.0 Å². The number of anilines is 1. The van der Waals surface area contributed by atoms with Gasteiger partial charge >= 0.3 is 0 Å². The van der Waals surface area contributed by atoms with E-state index >= 15 is 0 Å². The van der Waals surface area contributed by atoms with Gasteiger partial charge in [0.1, 0.15) is 6.29 Å². The van der Waals surface area contributed by atoms with Crippen molar-refractivity contribution in [1.29, 1.82) is 5.41 Å². The van der Waals surface area contributed by atoms with Crippen LogP contribution in [0.1, 0.15) is 35.5 Å². The molecule has 0 aliphatic heterocycles. The molecule has 3 aromatic carbocycles. The molecule has 1 aromatic heterocycles. The first-order valence-corrected chi connectivity index (χ1v) is 10.9. The van der Waals surface area contributed by atoms with Gasteiger partial charge in [0, 0.05) is 65.0 Å². The summed E-state index contributed by atoms with van der Waals surface area (Å²) in [6, 6.07) is 21.7. The monoisotopic (exact) mass is 457 g/mol. The molecule has 0 fully saturated rings. The largest absolute Gasteiger partial charge is 0.400 e. The van der Waals surface area contributed by atoms with Gasteiger partial charge in [0.2, 0.25) is 0 Å². The summed E-state index contributed by atoms with van der Waals surface area (Å²) in [6.07, 6.45) is 2.14. The van der Waals surface area contributed by atoms with E-state index in [1.165, 1.54) is 6.21 Å². The van der Waals surface area contributed by atoms with Crippen molar-refractivity contribution in [1.82, 2.24) is 4.57 Å². The van der Waals surface area contributed by atoms with E-state index in [2.05, 4.69) is 30.5 Å². The molecule has 0 aliphatic rings. The van der Waals surface area contributed by atoms with Crippen molar-refractivity contribution in [2.45, 2.75) is 19.3 Å². The van der Waals surface area contributed by atoms with E-state index in [9.17, 15) is 4.79 Å². The third-order valence-corrected chi connectivity index (χ3v) is 5.82. The van der Waals surface area contributed by atoms with E-state index < -0.39 is 0 Å². The highest BCUT2D eigenvalue weighted by Crippen LogP contribution is 2.44. The number of aliphatic hydroxyl groups is 1. The number of aldehydes is 1. The number of benzene rings is 3. The zero-order valence-electron chi connectivity index (χ0n) is 20.0. The summed E-state index contributed by atoms with van der Waals surface area (Å²) in [6.45, 7) is 4.84. The van der Waals surface area contributed by atoms with Crippen LogP contribution in [0.15, 0.2) is 66.7 Å². The predicted octanol–water partition coefficient (Wildman–Crippen LogP) is 5.22. The molecule has 0 unspecified atom stereocenters. The van der Waals surface area contributed by atoms with Gasteiger partial charge in [-0.25, -0.2) is 0 Å². The molecular weight excluding hydrogens is 426 g/mol. The first-order chi connectivity index (χ1) is 16.4. The number of nitrogens with one attached hydrogen (secondary N) is 1. The zero-order chi connectivity index (χ0) is 24.9. The smallest absolute Gasteiger partial charge is 0.150 e. The molecule has 1 heterocycles. The number of carbonyl (C=O) groups is 1. The number of nitrogens with zero attached hydrogens (tertiary/aromatic N) is 1. The number of aromatic nitrogens is 1. The molecule has 0 radical (unpaired) electrons. The standard InChI is InChI=1S/C27H27N3O2.CH4O/c1-27(2,17-32-3)26-25(19-11-9-18(16-31)10-12-19)22-14-23(29)20(15-28)13-24(22)30(26)21-7-5-4-6-8-21;1-2/h4-16,28H,17,29H2,1-3H3;2H,1H3. The molecule has 0 amide bonds. The van der Waals surface area contributed by atoms with Gasteiger partial charge < -0.3 is 25.6 Å². The Hall–Kier alpha value is -3.74. The Morgan fingerprint density at radius 3 is 2.26 bits per heavy atom. The molecule has 34 heavy (non-hydrogen) atoms. The lowest BCUT2D eigenvalue weighted by atomic mass is 9.84. The summed E-state index contributed by atoms with van der Waals surface area (Å²) in [4.78, 5) is 11.2. The number of nitrogens with two attached hydrogens (primary N) is 1. The molecule has 0 saturated heterocycles. The molecule has 6 nitrogen and oxygen atoms in total. The number of hydrogen-bond acceptors (Lipinski definition) is 5. The number of ether oxygens (including phenoxy) is 1. The Morgan fingerprint density at radius 1 is 1.06 bits per heavy atom. The van der Waals surface area contributed by atoms with Gasteiger partial charge in [0.15, 0.2) is 0 Å². The van der Waals surface area contributed by atoms with Crippen molar-refractivity contribution in [3.8, 4) is 16.8 Å². The van der Waals surface area contributed by atoms with Crippen LogP contribution in [0.2, 0.25) is 0 Å². The number of carbonyl (C=O) groups excluding carboxylic acids is 1. The van der Waals surface area contributed by atoms with E-state index in [1.807, 2.05) is 54.6 Å². The summed E-state index contributed by atoms with van der Waals surface area (Å²) in [7, 11) is 2.71. The molecule has 4 N–H and O–H groups in total. The summed E-state index contributed by atoms with van der Waals surface area (Å²) in [5.41, 5.74) is 13.0. The maximum atomic E-state index is 11.2. The van der Waals surface area contributed by atoms with Crippen molar-refractivity contribution in [2.24, 2.45) is 0 Å². The fourth-order valence-corrected chi connectivity index (χ4v) is 4.43. The highest BCUT2D eigenvalue weighted by atomic mass is 16.5. The van der Waals surface area contributed by atoms with E-state index in [1.54, 1.807) is 7.11 Å². The van der Waals surface area contributed by atoms with E-state index in [-0.39, 0.29) is 5.41 Å². The van der Waals surface area contributed by atoms with Crippen LogP contribution in [0.25, 0.3) is 27.7 Å². The second kappa shape index (κ2) is 10.5. The van der Waals surface area contributed by atoms with Crippen molar-refractivity contribution < 1.29 is 14.6 Å². The number of aliphatic hydroxyl groups excluding tert-OH is 1. The Morgan fingerprint density at radius 2 is 1.71 bits per heavy atom. The molecular formula is C28H31N3O3. The highest BCUT2D eigenvalue weighted by molar-refractivity contribution is 6.05. The van der Waals surface area contributed by atoms with Crippen LogP contribution in [0, 0.1) is 5.41 Å². The maximum Gasteiger partial charge on any atom is 0.150 e. The van der Waals surface area contributed by atoms with E-state index in [0.29, 0.717) is 23.4 Å². The van der Waals surface area contributed by atoms with Gasteiger partial charge in [-0.05, 0) is 29.8 Å². The number of methoxy groups -OCH3 is 1. The van der Waals surface area contributed by atoms with Crippen LogP contribution in [0.5, 0.6) is 0 Å². The Bertz CT molecular complexity index is 1290. The first kappa shape index (κ1) is 24.9. The molecule has 0 spiro atoms. The van der Waals surface area contributed by atoms with E-state index in [0.717, 1.165) is 46.8 Å². The number of hydrogen-bond donors (Lipinski definition) is 3. The number of nitrogen functional groups attached to an aromatic ring is 1. The molecule has 0 aliphatic carbocycles. The maximum absolute atomic E-state index is 11.2. The number of rotatable bonds is 7. The van der Waals surface area contributed by atoms with Crippen LogP contribution in [0.3, 0.4) is 0 Å². The number of fused-ring (bicyclic) bond motifs is 1. The fraction of sp³-hybridized carbons (Fsp3) is 0.214. The Kier molecular flexibility index (Phi) is 7.66. The molecule has 0 bridgehead atoms. The normalized spacial score (nSPS) is 11.1. The van der Waals surface area contributed by atoms with Crippen molar-refractivity contribution in [3.63, 3.8) is 0 Å². The molecule has 4 aromatic rings. The van der Waals surface area contributed by atoms with E-state index in [4.69, 9.17) is 21.0 Å². The fourth-order valence-electron chi connectivity index (χ4n) is 4.43. The summed E-state index contributed by atoms with van der Waals surface area (Å²) >= 11 is 0. The van der Waals surface area contributed by atoms with Crippen molar-refractivity contribution in [3.05, 3.63) is 83.6 Å². The third kappa shape index (κ3) is 4.51. The third-order valence-electron chi connectivity index (χ3n) is 5.82. The minimum atomic E-state index is -0.345. The first-order valence-electron chi connectivity index (χ1n) is 10.9. The average molecular weight is 458 g/mol. The van der Waals surface area contributed by atoms with Gasteiger partial charge in [0.05, 0.1) is 12.1 Å². The van der Waals surface area contributed by atoms with Gasteiger partial charge in [-0.3, -0.25) is 4.79 Å². The molecule has 176 valence electrons. The average Bonchev–Trinajstić information content (AvgIpc) is 3.20. The van der Waals surface area contributed by atoms with Gasteiger partial charge in [-0.15, -0.1) is 0 Å². The van der Waals surface area contributed by atoms with Gasteiger partial charge in [0.25, 0.3) is 0 Å². The highest BCUT2D eigenvalue weighted by Gasteiger charge is 2.32. The minimum absolute atomic E-state index is 0.345. The number of para-hydroxylation sites is 1. The van der Waals surface area contributed by atoms with Crippen molar-refractivity contribution >= 4 is 29.1 Å². The van der Waals surface area contributed by atoms with Gasteiger partial charge in [-0.1, -0.05) is 56.3 Å². The molecule has 0 saturated carbocycles. The Labute approximate surface area is 200 Å². The minimum Gasteiger partial charge on any atom is -0.400 e. The second-order valence-corrected chi connectivity index (χ2v) is 8.59. The lowest BCUT2D eigenvalue weighted by Crippen LogP contribution is -2.27. The van der Waals surface area contributed by atoms with Crippen molar-refractivity contribution in [2.75, 3.05) is 26.6 Å². The topological polar surface area (TPSA) is 101 Å². The molecule has 4 rings (SSSR count). The van der Waals surface area contributed by atoms with Crippen LogP contribution >= 0.6 is 0 Å². The lowest BCUT2D eigenvalue weighted by molar-refractivity contribution is 0.112. The van der Waals surface area contributed by atoms with Gasteiger partial charge in [-0.2, -0.15) is 0 Å². The SMILES string of the molecule is CO.COCC(C)(C)c1c(-c2ccc(C=O)cc2)c2cc(N)c(C=N)cc2n1-c1ccccc1. The summed E-state index contributed by atoms with van der Waals surface area (Å²) in [5, 5.41) is 15.8. The molecule has 0 atom stereocenters. The van der Waals surface area contributed by atoms with Crippen LogP contribution in [-0.2, 0) is 10.2 Å². The predicted molar refractivity (Wildman–Crippen MR) is 139 cm³/mol. The summed E-state index contributed by atoms with van der Waals surface area (Å²) in [5.74, 6) is 0. The quantitative estimate of drug-likeness (QED) is 0.201. The zero-order valence-corrected chi connectivity index (χ0v) is 20.0. The molecule has 6 heteroatoms. The summed E-state index contributed by atoms with van der Waals surface area (Å²) < 4.78 is 7.86. The second-order valence-electron chi connectivity index (χ2n) is 8.59.